The molecule has 0 bridgehead atoms. The normalized spacial score (nSPS) is 12.1. The lowest BCUT2D eigenvalue weighted by molar-refractivity contribution is -0.0616. The average Bonchev–Trinajstić information content (AvgIpc) is 3.13. The summed E-state index contributed by atoms with van der Waals surface area (Å²) in [6, 6.07) is 34.3. The zero-order chi connectivity index (χ0) is 35.9. The first-order valence-electron chi connectivity index (χ1n) is 18.2. The first-order valence-corrected chi connectivity index (χ1v) is 18.2. The fourth-order valence-corrected chi connectivity index (χ4v) is 6.11. The number of hydrogen-bond donors (Lipinski definition) is 0. The second-order valence-electron chi connectivity index (χ2n) is 11.9. The molecular weight excluding hydrogens is 620 g/mol. The molecule has 0 N–H and O–H groups in total. The highest BCUT2D eigenvalue weighted by molar-refractivity contribution is 5.87. The summed E-state index contributed by atoms with van der Waals surface area (Å²) in [5.41, 5.74) is 9.15. The molecule has 4 aromatic rings. The Morgan fingerprint density at radius 2 is 0.740 bits per heavy atom. The fraction of sp³-hybridized carbons (Fsp3) is 0.364. The Morgan fingerprint density at radius 3 is 1.00 bits per heavy atom. The molecule has 6 heteroatoms. The number of rotatable bonds is 19. The SMILES string of the molecule is CCOC(C)Oc1ccc(C(=CC=C(c2ccc(N(CC)CC)cc2)c2ccc(N(CC)CC)cc2)c2ccc(OC(C)OCC)cc2)cc1. The largest absolute Gasteiger partial charge is 0.465 e. The van der Waals surface area contributed by atoms with Gasteiger partial charge in [-0.15, -0.1) is 0 Å². The van der Waals surface area contributed by atoms with Gasteiger partial charge in [-0.05, 0) is 137 Å². The zero-order valence-electron chi connectivity index (χ0n) is 31.3. The van der Waals surface area contributed by atoms with Gasteiger partial charge in [0.2, 0.25) is 0 Å². The molecule has 6 nitrogen and oxygen atoms in total. The van der Waals surface area contributed by atoms with Crippen molar-refractivity contribution in [2.75, 3.05) is 49.2 Å². The van der Waals surface area contributed by atoms with Crippen molar-refractivity contribution in [3.63, 3.8) is 0 Å². The van der Waals surface area contributed by atoms with E-state index < -0.39 is 0 Å². The monoisotopic (exact) mass is 676 g/mol. The fourth-order valence-electron chi connectivity index (χ4n) is 6.11. The summed E-state index contributed by atoms with van der Waals surface area (Å²) in [6.45, 7) is 21.6. The van der Waals surface area contributed by atoms with Crippen molar-refractivity contribution in [2.45, 2.75) is 68.0 Å². The summed E-state index contributed by atoms with van der Waals surface area (Å²) in [7, 11) is 0. The maximum absolute atomic E-state index is 5.98. The molecule has 0 amide bonds. The first kappa shape index (κ1) is 38.3. The zero-order valence-corrected chi connectivity index (χ0v) is 31.3. The van der Waals surface area contributed by atoms with Crippen LogP contribution in [0, 0.1) is 0 Å². The highest BCUT2D eigenvalue weighted by Gasteiger charge is 2.12. The van der Waals surface area contributed by atoms with Gasteiger partial charge in [0.05, 0.1) is 0 Å². The second-order valence-corrected chi connectivity index (χ2v) is 11.9. The van der Waals surface area contributed by atoms with Crippen molar-refractivity contribution in [3.8, 4) is 11.5 Å². The molecule has 0 aliphatic rings. The Bertz CT molecular complexity index is 1500. The Balaban J connectivity index is 1.82. The van der Waals surface area contributed by atoms with Gasteiger partial charge in [-0.2, -0.15) is 0 Å². The number of nitrogens with zero attached hydrogens (tertiary/aromatic N) is 2. The smallest absolute Gasteiger partial charge is 0.196 e. The lowest BCUT2D eigenvalue weighted by Gasteiger charge is -2.22. The number of allylic oxidation sites excluding steroid dienone is 2. The van der Waals surface area contributed by atoms with Crippen molar-refractivity contribution < 1.29 is 18.9 Å². The lowest BCUT2D eigenvalue weighted by Crippen LogP contribution is -2.21. The van der Waals surface area contributed by atoms with Crippen LogP contribution in [0.25, 0.3) is 11.1 Å². The van der Waals surface area contributed by atoms with E-state index in [0.717, 1.165) is 71.1 Å². The molecule has 266 valence electrons. The number of anilines is 2. The van der Waals surface area contributed by atoms with Crippen molar-refractivity contribution in [1.82, 2.24) is 0 Å². The van der Waals surface area contributed by atoms with Crippen LogP contribution in [0.15, 0.2) is 109 Å². The Hall–Kier alpha value is -4.52. The van der Waals surface area contributed by atoms with Crippen LogP contribution in [0.1, 0.15) is 77.6 Å². The van der Waals surface area contributed by atoms with Crippen LogP contribution in [-0.2, 0) is 9.47 Å². The maximum atomic E-state index is 5.98. The number of benzene rings is 4. The minimum atomic E-state index is -0.320. The van der Waals surface area contributed by atoms with E-state index in [2.05, 4.69) is 122 Å². The molecule has 2 atom stereocenters. The van der Waals surface area contributed by atoms with Gasteiger partial charge in [-0.25, -0.2) is 0 Å². The molecule has 2 unspecified atom stereocenters. The third-order valence-electron chi connectivity index (χ3n) is 8.77. The molecule has 4 rings (SSSR count). The Labute approximate surface area is 300 Å². The van der Waals surface area contributed by atoms with E-state index in [-0.39, 0.29) is 12.6 Å². The predicted octanol–water partition coefficient (Wildman–Crippen LogP) is 10.5. The van der Waals surface area contributed by atoms with E-state index in [9.17, 15) is 0 Å². The summed E-state index contributed by atoms with van der Waals surface area (Å²) in [6.07, 6.45) is 3.83. The maximum Gasteiger partial charge on any atom is 0.196 e. The van der Waals surface area contributed by atoms with Crippen LogP contribution in [0.3, 0.4) is 0 Å². The van der Waals surface area contributed by atoms with Gasteiger partial charge in [0.15, 0.2) is 12.6 Å². The second kappa shape index (κ2) is 19.6. The molecule has 0 aliphatic carbocycles. The summed E-state index contributed by atoms with van der Waals surface area (Å²) in [4.78, 5) is 4.74. The minimum Gasteiger partial charge on any atom is -0.465 e. The van der Waals surface area contributed by atoms with Crippen LogP contribution in [0.5, 0.6) is 11.5 Å². The molecule has 0 aliphatic heterocycles. The minimum absolute atomic E-state index is 0.320. The quantitative estimate of drug-likeness (QED) is 0.0728. The molecule has 0 heterocycles. The van der Waals surface area contributed by atoms with Gasteiger partial charge < -0.3 is 28.7 Å². The standard InChI is InChI=1S/C44H56N2O4/c1-9-45(10-2)39-23-15-35(16-24-39)43(36-17-25-40(26-18-36)46(11-3)12-4)31-32-44(37-19-27-41(28-20-37)49-33(7)47-13-5)38-21-29-42(30-22-38)50-34(8)48-14-6/h15-34H,9-14H2,1-8H3. The van der Waals surface area contributed by atoms with Gasteiger partial charge in [-0.1, -0.05) is 60.7 Å². The molecule has 50 heavy (non-hydrogen) atoms. The highest BCUT2D eigenvalue weighted by atomic mass is 16.7. The first-order chi connectivity index (χ1) is 24.3. The van der Waals surface area contributed by atoms with Gasteiger partial charge in [0.1, 0.15) is 11.5 Å². The van der Waals surface area contributed by atoms with Crippen LogP contribution >= 0.6 is 0 Å². The van der Waals surface area contributed by atoms with Gasteiger partial charge in [-0.3, -0.25) is 0 Å². The van der Waals surface area contributed by atoms with Crippen LogP contribution in [0.4, 0.5) is 11.4 Å². The summed E-state index contributed by atoms with van der Waals surface area (Å²) >= 11 is 0. The lowest BCUT2D eigenvalue weighted by atomic mass is 9.93. The summed E-state index contributed by atoms with van der Waals surface area (Å²) < 4.78 is 23.1. The van der Waals surface area contributed by atoms with Crippen LogP contribution in [-0.4, -0.2) is 52.0 Å². The molecule has 0 fully saturated rings. The molecule has 0 aromatic heterocycles. The molecule has 4 aromatic carbocycles. The average molecular weight is 677 g/mol. The summed E-state index contributed by atoms with van der Waals surface area (Å²) in [5, 5.41) is 0. The van der Waals surface area contributed by atoms with E-state index in [1.54, 1.807) is 0 Å². The van der Waals surface area contributed by atoms with E-state index in [0.29, 0.717) is 13.2 Å². The molecular formula is C44H56N2O4. The van der Waals surface area contributed by atoms with E-state index >= 15 is 0 Å². The van der Waals surface area contributed by atoms with Crippen LogP contribution < -0.4 is 19.3 Å². The molecule has 0 saturated carbocycles. The summed E-state index contributed by atoms with van der Waals surface area (Å²) in [5.74, 6) is 1.53. The topological polar surface area (TPSA) is 43.4 Å². The van der Waals surface area contributed by atoms with Crippen LogP contribution in [0.2, 0.25) is 0 Å². The molecule has 0 spiro atoms. The third-order valence-corrected chi connectivity index (χ3v) is 8.77. The number of hydrogen-bond acceptors (Lipinski definition) is 6. The van der Waals surface area contributed by atoms with Gasteiger partial charge in [0.25, 0.3) is 0 Å². The van der Waals surface area contributed by atoms with E-state index in [4.69, 9.17) is 18.9 Å². The Morgan fingerprint density at radius 1 is 0.460 bits per heavy atom. The van der Waals surface area contributed by atoms with Crippen molar-refractivity contribution >= 4 is 22.5 Å². The molecule has 0 radical (unpaired) electrons. The van der Waals surface area contributed by atoms with Crippen molar-refractivity contribution in [1.29, 1.82) is 0 Å². The Kier molecular flexibility index (Phi) is 15.0. The number of ether oxygens (including phenoxy) is 4. The van der Waals surface area contributed by atoms with Gasteiger partial charge in [0, 0.05) is 50.8 Å². The molecule has 0 saturated heterocycles. The van der Waals surface area contributed by atoms with Crippen molar-refractivity contribution in [2.24, 2.45) is 0 Å². The highest BCUT2D eigenvalue weighted by Crippen LogP contribution is 2.32. The predicted molar refractivity (Wildman–Crippen MR) is 210 cm³/mol. The van der Waals surface area contributed by atoms with Crippen molar-refractivity contribution in [3.05, 3.63) is 131 Å². The van der Waals surface area contributed by atoms with E-state index in [1.165, 1.54) is 11.4 Å². The third kappa shape index (κ3) is 10.5. The van der Waals surface area contributed by atoms with E-state index in [1.807, 2.05) is 52.0 Å². The van der Waals surface area contributed by atoms with Gasteiger partial charge >= 0.3 is 0 Å².